The lowest BCUT2D eigenvalue weighted by Crippen LogP contribution is -2.54. The molecule has 0 spiro atoms. The van der Waals surface area contributed by atoms with Crippen molar-refractivity contribution < 1.29 is 9.59 Å². The van der Waals surface area contributed by atoms with Crippen LogP contribution in [-0.2, 0) is 9.59 Å². The number of carbonyl (C=O) groups excluding carboxylic acids is 2. The molecule has 0 aliphatic heterocycles. The molecule has 0 radical (unpaired) electrons. The van der Waals surface area contributed by atoms with E-state index in [1.165, 1.54) is 32.1 Å². The summed E-state index contributed by atoms with van der Waals surface area (Å²) < 4.78 is 0. The molecule has 0 saturated heterocycles. The molecule has 4 saturated carbocycles. The van der Waals surface area contributed by atoms with Crippen LogP contribution in [0.2, 0.25) is 0 Å². The maximum Gasteiger partial charge on any atom is 0.220 e. The summed E-state index contributed by atoms with van der Waals surface area (Å²) in [4.78, 5) is 25.2. The molecule has 0 aromatic heterocycles. The number of hydrogen-bond acceptors (Lipinski definition) is 2. The van der Waals surface area contributed by atoms with Gasteiger partial charge in [0.1, 0.15) is 0 Å². The molecule has 4 aliphatic carbocycles. The number of nitrogens with one attached hydrogen (secondary N) is 2. The summed E-state index contributed by atoms with van der Waals surface area (Å²) in [6.07, 6.45) is 10.5. The molecule has 4 nitrogen and oxygen atoms in total. The van der Waals surface area contributed by atoms with E-state index in [1.807, 2.05) is 0 Å². The Labute approximate surface area is 159 Å². The standard InChI is InChI=1S/C22H38N2O2/c1-5-15(3)23-19(25)12-21-8-17-7-18(9-21)11-22(10-17,14-21)13-20(26)24-16(4)6-2/h15-18H,5-14H2,1-4H3,(H,23,25)(H,24,26). The molecule has 4 aliphatic rings. The Morgan fingerprint density at radius 2 is 1.23 bits per heavy atom. The van der Waals surface area contributed by atoms with Gasteiger partial charge in [-0.3, -0.25) is 9.59 Å². The topological polar surface area (TPSA) is 58.2 Å². The van der Waals surface area contributed by atoms with Crippen molar-refractivity contribution in [2.45, 2.75) is 104 Å². The van der Waals surface area contributed by atoms with Crippen molar-refractivity contribution >= 4 is 11.8 Å². The molecule has 148 valence electrons. The number of carbonyl (C=O) groups is 2. The van der Waals surface area contributed by atoms with Gasteiger partial charge in [-0.2, -0.15) is 0 Å². The Morgan fingerprint density at radius 1 is 0.846 bits per heavy atom. The van der Waals surface area contributed by atoms with Crippen LogP contribution in [0.15, 0.2) is 0 Å². The van der Waals surface area contributed by atoms with Gasteiger partial charge >= 0.3 is 0 Å². The minimum Gasteiger partial charge on any atom is -0.354 e. The van der Waals surface area contributed by atoms with Gasteiger partial charge in [-0.25, -0.2) is 0 Å². The van der Waals surface area contributed by atoms with Crippen LogP contribution >= 0.6 is 0 Å². The van der Waals surface area contributed by atoms with Gasteiger partial charge in [-0.05, 0) is 87.9 Å². The predicted molar refractivity (Wildman–Crippen MR) is 105 cm³/mol. The van der Waals surface area contributed by atoms with E-state index in [-0.39, 0.29) is 34.7 Å². The Bertz CT molecular complexity index is 486. The molecule has 4 fully saturated rings. The lowest BCUT2D eigenvalue weighted by molar-refractivity contribution is -0.146. The van der Waals surface area contributed by atoms with E-state index in [1.54, 1.807) is 0 Å². The second-order valence-corrected chi connectivity index (χ2v) is 10.1. The summed E-state index contributed by atoms with van der Waals surface area (Å²) in [5.41, 5.74) is 0.302. The van der Waals surface area contributed by atoms with Crippen LogP contribution in [-0.4, -0.2) is 23.9 Å². The lowest BCUT2D eigenvalue weighted by atomic mass is 9.43. The summed E-state index contributed by atoms with van der Waals surface area (Å²) in [6, 6.07) is 0.512. The first-order valence-electron chi connectivity index (χ1n) is 10.9. The lowest BCUT2D eigenvalue weighted by Gasteiger charge is -2.62. The van der Waals surface area contributed by atoms with E-state index in [4.69, 9.17) is 0 Å². The van der Waals surface area contributed by atoms with Gasteiger partial charge in [-0.1, -0.05) is 13.8 Å². The molecular formula is C22H38N2O2. The van der Waals surface area contributed by atoms with Gasteiger partial charge < -0.3 is 10.6 Å². The average molecular weight is 363 g/mol. The third kappa shape index (κ3) is 4.26. The third-order valence-corrected chi connectivity index (χ3v) is 7.41. The van der Waals surface area contributed by atoms with Crippen molar-refractivity contribution in [3.63, 3.8) is 0 Å². The van der Waals surface area contributed by atoms with Crippen LogP contribution in [0, 0.1) is 22.7 Å². The predicted octanol–water partition coefficient (Wildman–Crippen LogP) is 4.18. The van der Waals surface area contributed by atoms with Gasteiger partial charge in [0, 0.05) is 24.9 Å². The van der Waals surface area contributed by atoms with E-state index in [0.717, 1.165) is 31.1 Å². The maximum atomic E-state index is 12.6. The highest BCUT2D eigenvalue weighted by atomic mass is 16.2. The molecule has 0 heterocycles. The number of rotatable bonds is 8. The molecule has 2 amide bonds. The fourth-order valence-corrected chi connectivity index (χ4v) is 6.60. The molecule has 2 N–H and O–H groups in total. The first-order chi connectivity index (χ1) is 12.3. The Kier molecular flexibility index (Phi) is 5.69. The smallest absolute Gasteiger partial charge is 0.220 e. The SMILES string of the molecule is CCC(C)NC(=O)CC12CC3CC(C1)CC(CC(=O)NC(C)CC)(C3)C2. The van der Waals surface area contributed by atoms with E-state index in [2.05, 4.69) is 38.3 Å². The Hall–Kier alpha value is -1.06. The Morgan fingerprint density at radius 3 is 1.58 bits per heavy atom. The molecule has 4 heteroatoms. The molecule has 2 atom stereocenters. The van der Waals surface area contributed by atoms with Crippen LogP contribution in [0.1, 0.15) is 91.9 Å². The van der Waals surface area contributed by atoms with Crippen molar-refractivity contribution in [1.29, 1.82) is 0 Å². The average Bonchev–Trinajstić information content (AvgIpc) is 2.51. The zero-order valence-corrected chi connectivity index (χ0v) is 17.2. The zero-order valence-electron chi connectivity index (χ0n) is 17.2. The second-order valence-electron chi connectivity index (χ2n) is 10.1. The van der Waals surface area contributed by atoms with Gasteiger partial charge in [-0.15, -0.1) is 0 Å². The number of hydrogen-bond donors (Lipinski definition) is 2. The fraction of sp³-hybridized carbons (Fsp3) is 0.909. The van der Waals surface area contributed by atoms with Crippen LogP contribution in [0.25, 0.3) is 0 Å². The molecule has 4 rings (SSSR count). The number of amides is 2. The Balaban J connectivity index is 1.68. The molecular weight excluding hydrogens is 324 g/mol. The quantitative estimate of drug-likeness (QED) is 0.680. The minimum absolute atomic E-state index is 0.151. The van der Waals surface area contributed by atoms with Crippen molar-refractivity contribution in [2.75, 3.05) is 0 Å². The molecule has 4 bridgehead atoms. The van der Waals surface area contributed by atoms with Crippen molar-refractivity contribution in [2.24, 2.45) is 22.7 Å². The molecule has 0 aromatic rings. The maximum absolute atomic E-state index is 12.6. The summed E-state index contributed by atoms with van der Waals surface area (Å²) >= 11 is 0. The second kappa shape index (κ2) is 7.52. The zero-order chi connectivity index (χ0) is 18.9. The van der Waals surface area contributed by atoms with E-state index >= 15 is 0 Å². The summed E-state index contributed by atoms with van der Waals surface area (Å²) in [5.74, 6) is 1.90. The fourth-order valence-electron chi connectivity index (χ4n) is 6.60. The molecule has 26 heavy (non-hydrogen) atoms. The summed E-state index contributed by atoms with van der Waals surface area (Å²) in [5, 5.41) is 6.35. The highest BCUT2D eigenvalue weighted by Gasteiger charge is 2.58. The van der Waals surface area contributed by atoms with Crippen LogP contribution in [0.4, 0.5) is 0 Å². The van der Waals surface area contributed by atoms with Gasteiger partial charge in [0.2, 0.25) is 11.8 Å². The van der Waals surface area contributed by atoms with Crippen LogP contribution in [0.3, 0.4) is 0 Å². The van der Waals surface area contributed by atoms with Gasteiger partial charge in [0.05, 0.1) is 0 Å². The van der Waals surface area contributed by atoms with Crippen LogP contribution in [0.5, 0.6) is 0 Å². The van der Waals surface area contributed by atoms with Crippen molar-refractivity contribution in [3.05, 3.63) is 0 Å². The first kappa shape index (κ1) is 19.7. The minimum atomic E-state index is 0.151. The first-order valence-corrected chi connectivity index (χ1v) is 10.9. The monoisotopic (exact) mass is 362 g/mol. The van der Waals surface area contributed by atoms with Gasteiger partial charge in [0.25, 0.3) is 0 Å². The highest BCUT2D eigenvalue weighted by Crippen LogP contribution is 2.67. The highest BCUT2D eigenvalue weighted by molar-refractivity contribution is 5.78. The summed E-state index contributed by atoms with van der Waals surface area (Å²) in [6.45, 7) is 8.39. The molecule has 0 aromatic carbocycles. The van der Waals surface area contributed by atoms with Crippen LogP contribution < -0.4 is 10.6 Å². The summed E-state index contributed by atoms with van der Waals surface area (Å²) in [7, 11) is 0. The van der Waals surface area contributed by atoms with E-state index < -0.39 is 0 Å². The van der Waals surface area contributed by atoms with Crippen molar-refractivity contribution in [3.8, 4) is 0 Å². The van der Waals surface area contributed by atoms with E-state index in [9.17, 15) is 9.59 Å². The van der Waals surface area contributed by atoms with Crippen molar-refractivity contribution in [1.82, 2.24) is 10.6 Å². The van der Waals surface area contributed by atoms with E-state index in [0.29, 0.717) is 12.8 Å². The normalized spacial score (nSPS) is 37.2. The third-order valence-electron chi connectivity index (χ3n) is 7.41. The van der Waals surface area contributed by atoms with Gasteiger partial charge in [0.15, 0.2) is 0 Å². The largest absolute Gasteiger partial charge is 0.354 e. The molecule has 2 unspecified atom stereocenters.